The van der Waals surface area contributed by atoms with E-state index >= 15 is 0 Å². The van der Waals surface area contributed by atoms with Crippen LogP contribution < -0.4 is 0 Å². The van der Waals surface area contributed by atoms with Crippen LogP contribution in [0.5, 0.6) is 0 Å². The van der Waals surface area contributed by atoms with Gasteiger partial charge in [-0.3, -0.25) is 0 Å². The maximum atomic E-state index is 12.3. The largest absolute Gasteiger partial charge is 0.476 e. The molecule has 1 heterocycles. The molecule has 4 nitrogen and oxygen atoms in total. The monoisotopic (exact) mass is 274 g/mol. The lowest BCUT2D eigenvalue weighted by molar-refractivity contribution is -0.137. The van der Waals surface area contributed by atoms with Crippen molar-refractivity contribution in [1.29, 1.82) is 0 Å². The fraction of sp³-hybridized carbons (Fsp3) is 0.100. The molecule has 0 radical (unpaired) electrons. The van der Waals surface area contributed by atoms with Crippen molar-refractivity contribution in [3.63, 3.8) is 0 Å². The number of hydrogen-bond acceptors (Lipinski definition) is 4. The van der Waals surface area contributed by atoms with Crippen molar-refractivity contribution in [3.05, 3.63) is 34.8 Å². The van der Waals surface area contributed by atoms with Crippen molar-refractivity contribution in [2.75, 3.05) is 0 Å². The molecule has 2 rings (SSSR count). The Morgan fingerprint density at radius 3 is 2.22 bits per heavy atom. The minimum absolute atomic E-state index is 0.204. The van der Waals surface area contributed by atoms with Crippen molar-refractivity contribution in [2.45, 2.75) is 6.18 Å². The van der Waals surface area contributed by atoms with E-state index in [4.69, 9.17) is 5.11 Å². The molecule has 0 fully saturated rings. The maximum absolute atomic E-state index is 12.3. The number of benzene rings is 1. The Kier molecular flexibility index (Phi) is 3.04. The Morgan fingerprint density at radius 2 is 1.78 bits per heavy atom. The molecule has 0 aliphatic heterocycles. The fourth-order valence-electron chi connectivity index (χ4n) is 1.23. The van der Waals surface area contributed by atoms with Crippen molar-refractivity contribution < 1.29 is 23.1 Å². The van der Waals surface area contributed by atoms with E-state index in [1.54, 1.807) is 0 Å². The summed E-state index contributed by atoms with van der Waals surface area (Å²) in [7, 11) is 0. The Labute approximate surface area is 103 Å². The molecule has 0 bridgehead atoms. The molecule has 0 aliphatic carbocycles. The highest BCUT2D eigenvalue weighted by molar-refractivity contribution is 7.16. The number of hydrogen-bond donors (Lipinski definition) is 1. The van der Waals surface area contributed by atoms with E-state index in [1.807, 2.05) is 0 Å². The first kappa shape index (κ1) is 12.5. The van der Waals surface area contributed by atoms with E-state index in [0.29, 0.717) is 5.56 Å². The average molecular weight is 274 g/mol. The summed E-state index contributed by atoms with van der Waals surface area (Å²) in [6.45, 7) is 0. The molecule has 1 aromatic heterocycles. The standard InChI is InChI=1S/C10H5F3N2O2S/c11-10(12,13)6-3-1-5(2-4-6)7-14-15-8(18-7)9(16)17/h1-4H,(H,16,17). The summed E-state index contributed by atoms with van der Waals surface area (Å²) in [6, 6.07) is 4.29. The molecule has 1 aromatic carbocycles. The van der Waals surface area contributed by atoms with Crippen molar-refractivity contribution in [3.8, 4) is 10.6 Å². The number of alkyl halides is 3. The van der Waals surface area contributed by atoms with E-state index in [9.17, 15) is 18.0 Å². The van der Waals surface area contributed by atoms with E-state index in [0.717, 1.165) is 23.5 Å². The summed E-state index contributed by atoms with van der Waals surface area (Å²) in [4.78, 5) is 10.6. The van der Waals surface area contributed by atoms with Gasteiger partial charge in [-0.15, -0.1) is 10.2 Å². The van der Waals surface area contributed by atoms with Gasteiger partial charge >= 0.3 is 12.1 Å². The van der Waals surface area contributed by atoms with Crippen LogP contribution >= 0.6 is 11.3 Å². The lowest BCUT2D eigenvalue weighted by Gasteiger charge is -2.05. The van der Waals surface area contributed by atoms with Crippen LogP contribution in [0.25, 0.3) is 10.6 Å². The first-order valence-electron chi connectivity index (χ1n) is 4.62. The molecule has 0 aliphatic rings. The van der Waals surface area contributed by atoms with Crippen LogP contribution in [0.1, 0.15) is 15.4 Å². The van der Waals surface area contributed by atoms with Gasteiger partial charge in [-0.25, -0.2) is 4.79 Å². The lowest BCUT2D eigenvalue weighted by atomic mass is 10.1. The molecule has 0 saturated carbocycles. The molecular formula is C10H5F3N2O2S. The van der Waals surface area contributed by atoms with Crippen molar-refractivity contribution >= 4 is 17.3 Å². The SMILES string of the molecule is O=C(O)c1nnc(-c2ccc(C(F)(F)F)cc2)s1. The van der Waals surface area contributed by atoms with Gasteiger partial charge in [0.2, 0.25) is 5.01 Å². The molecule has 0 saturated heterocycles. The van der Waals surface area contributed by atoms with E-state index < -0.39 is 17.7 Å². The smallest absolute Gasteiger partial charge is 0.416 e. The molecule has 94 valence electrons. The Hall–Kier alpha value is -1.96. The fourth-order valence-corrected chi connectivity index (χ4v) is 1.92. The molecule has 0 spiro atoms. The molecule has 0 amide bonds. The lowest BCUT2D eigenvalue weighted by Crippen LogP contribution is -2.03. The van der Waals surface area contributed by atoms with Gasteiger partial charge in [-0.1, -0.05) is 23.5 Å². The molecule has 18 heavy (non-hydrogen) atoms. The van der Waals surface area contributed by atoms with E-state index in [1.165, 1.54) is 12.1 Å². The maximum Gasteiger partial charge on any atom is 0.416 e. The van der Waals surface area contributed by atoms with Crippen LogP contribution in [-0.4, -0.2) is 21.3 Å². The van der Waals surface area contributed by atoms with Gasteiger partial charge in [-0.2, -0.15) is 13.2 Å². The molecule has 1 N–H and O–H groups in total. The second-order valence-corrected chi connectivity index (χ2v) is 4.27. The van der Waals surface area contributed by atoms with Gasteiger partial charge in [0, 0.05) is 5.56 Å². The van der Waals surface area contributed by atoms with Crippen molar-refractivity contribution in [1.82, 2.24) is 10.2 Å². The third kappa shape index (κ3) is 2.48. The summed E-state index contributed by atoms with van der Waals surface area (Å²) in [5, 5.41) is 15.7. The summed E-state index contributed by atoms with van der Waals surface area (Å²) in [5.74, 6) is -1.22. The van der Waals surface area contributed by atoms with Gasteiger partial charge in [0.15, 0.2) is 0 Å². The highest BCUT2D eigenvalue weighted by Crippen LogP contribution is 2.31. The molecule has 0 atom stereocenters. The number of halogens is 3. The first-order valence-corrected chi connectivity index (χ1v) is 5.44. The second-order valence-electron chi connectivity index (χ2n) is 3.29. The summed E-state index contributed by atoms with van der Waals surface area (Å²) in [6.07, 6.45) is -4.40. The third-order valence-corrected chi connectivity index (χ3v) is 3.03. The zero-order valence-corrected chi connectivity index (χ0v) is 9.42. The van der Waals surface area contributed by atoms with Crippen LogP contribution in [0, 0.1) is 0 Å². The predicted molar refractivity (Wildman–Crippen MR) is 57.3 cm³/mol. The minimum atomic E-state index is -4.40. The number of carbonyl (C=O) groups is 1. The average Bonchev–Trinajstić information content (AvgIpc) is 2.77. The van der Waals surface area contributed by atoms with Gasteiger partial charge < -0.3 is 5.11 Å². The summed E-state index contributed by atoms with van der Waals surface area (Å²) >= 11 is 0.804. The number of nitrogens with zero attached hydrogens (tertiary/aromatic N) is 2. The summed E-state index contributed by atoms with van der Waals surface area (Å²) < 4.78 is 37.0. The van der Waals surface area contributed by atoms with Gasteiger partial charge in [0.1, 0.15) is 5.01 Å². The van der Waals surface area contributed by atoms with Crippen LogP contribution in [0.2, 0.25) is 0 Å². The van der Waals surface area contributed by atoms with Crippen molar-refractivity contribution in [2.24, 2.45) is 0 Å². The predicted octanol–water partition coefficient (Wildman–Crippen LogP) is 2.92. The molecule has 0 unspecified atom stereocenters. The zero-order chi connectivity index (χ0) is 13.3. The van der Waals surface area contributed by atoms with Gasteiger partial charge in [0.25, 0.3) is 0 Å². The van der Waals surface area contributed by atoms with Crippen LogP contribution in [0.3, 0.4) is 0 Å². The molecule has 2 aromatic rings. The van der Waals surface area contributed by atoms with Gasteiger partial charge in [-0.05, 0) is 12.1 Å². The zero-order valence-electron chi connectivity index (χ0n) is 8.60. The number of aromatic carboxylic acids is 1. The number of rotatable bonds is 2. The number of carboxylic acid groups (broad SMARTS) is 1. The topological polar surface area (TPSA) is 63.1 Å². The minimum Gasteiger partial charge on any atom is -0.476 e. The van der Waals surface area contributed by atoms with Crippen LogP contribution in [0.15, 0.2) is 24.3 Å². The summed E-state index contributed by atoms with van der Waals surface area (Å²) in [5.41, 5.74) is -0.373. The van der Waals surface area contributed by atoms with E-state index in [-0.39, 0.29) is 10.0 Å². The first-order chi connectivity index (χ1) is 8.38. The van der Waals surface area contributed by atoms with E-state index in [2.05, 4.69) is 10.2 Å². The number of aromatic nitrogens is 2. The van der Waals surface area contributed by atoms with Crippen LogP contribution in [0.4, 0.5) is 13.2 Å². The number of carboxylic acids is 1. The Bertz CT molecular complexity index is 578. The quantitative estimate of drug-likeness (QED) is 0.914. The van der Waals surface area contributed by atoms with Gasteiger partial charge in [0.05, 0.1) is 5.56 Å². The molecular weight excluding hydrogens is 269 g/mol. The highest BCUT2D eigenvalue weighted by Gasteiger charge is 2.30. The second kappa shape index (κ2) is 4.37. The molecule has 8 heteroatoms. The third-order valence-electron chi connectivity index (χ3n) is 2.07. The normalized spacial score (nSPS) is 11.5. The van der Waals surface area contributed by atoms with Crippen LogP contribution in [-0.2, 0) is 6.18 Å². The Morgan fingerprint density at radius 1 is 1.17 bits per heavy atom. The highest BCUT2D eigenvalue weighted by atomic mass is 32.1. The Balaban J connectivity index is 2.31.